The van der Waals surface area contributed by atoms with Gasteiger partial charge in [0, 0.05) is 22.7 Å². The van der Waals surface area contributed by atoms with Crippen LogP contribution in [0.25, 0.3) is 11.1 Å². The van der Waals surface area contributed by atoms with Crippen LogP contribution in [-0.2, 0) is 10.2 Å². The predicted octanol–water partition coefficient (Wildman–Crippen LogP) is 8.84. The molecular formula is C40H45BrO2Si. The van der Waals surface area contributed by atoms with Crippen molar-refractivity contribution >= 4 is 39.6 Å². The maximum atomic E-state index is 6.75. The summed E-state index contributed by atoms with van der Waals surface area (Å²) in [6, 6.07) is 36.6. The highest BCUT2D eigenvalue weighted by Gasteiger charge is 2.55. The largest absolute Gasteiger partial charge is 0.467 e. The number of benzene rings is 4. The first-order valence-electron chi connectivity index (χ1n) is 16.4. The van der Waals surface area contributed by atoms with Crippen LogP contribution in [0.4, 0.5) is 0 Å². The van der Waals surface area contributed by atoms with E-state index >= 15 is 0 Å². The number of hydrogen-bond donors (Lipinski definition) is 0. The van der Waals surface area contributed by atoms with Gasteiger partial charge < -0.3 is 9.47 Å². The van der Waals surface area contributed by atoms with Gasteiger partial charge in [0.2, 0.25) is 0 Å². The van der Waals surface area contributed by atoms with Crippen molar-refractivity contribution in [2.24, 2.45) is 17.8 Å². The highest BCUT2D eigenvalue weighted by Crippen LogP contribution is 2.62. The summed E-state index contributed by atoms with van der Waals surface area (Å²) in [5, 5.41) is 4.38. The molecule has 4 fully saturated rings. The number of halogens is 1. The van der Waals surface area contributed by atoms with Crippen LogP contribution in [0.3, 0.4) is 0 Å². The van der Waals surface area contributed by atoms with E-state index in [4.69, 9.17) is 9.47 Å². The summed E-state index contributed by atoms with van der Waals surface area (Å²) in [5.41, 5.74) is 3.95. The molecule has 8 rings (SSSR count). The maximum absolute atomic E-state index is 6.75. The maximum Gasteiger partial charge on any atom is 0.188 e. The van der Waals surface area contributed by atoms with Crippen LogP contribution in [0.5, 0.6) is 5.75 Å². The van der Waals surface area contributed by atoms with Crippen LogP contribution in [0.15, 0.2) is 102 Å². The van der Waals surface area contributed by atoms with E-state index in [0.717, 1.165) is 28.0 Å². The highest BCUT2D eigenvalue weighted by molar-refractivity contribution is 9.10. The van der Waals surface area contributed by atoms with E-state index in [0.29, 0.717) is 0 Å². The first-order valence-corrected chi connectivity index (χ1v) is 19.2. The minimum Gasteiger partial charge on any atom is -0.467 e. The van der Waals surface area contributed by atoms with Gasteiger partial charge in [0.05, 0.1) is 0 Å². The molecule has 4 heteroatoms. The van der Waals surface area contributed by atoms with E-state index < -0.39 is 8.07 Å². The molecular weight excluding hydrogens is 620 g/mol. The van der Waals surface area contributed by atoms with Crippen LogP contribution in [0, 0.1) is 17.8 Å². The number of methoxy groups -OCH3 is 1. The van der Waals surface area contributed by atoms with Crippen LogP contribution < -0.4 is 20.3 Å². The molecule has 0 N–H and O–H groups in total. The van der Waals surface area contributed by atoms with Gasteiger partial charge in [-0.2, -0.15) is 0 Å². The first-order chi connectivity index (χ1) is 21.2. The van der Waals surface area contributed by atoms with Crippen molar-refractivity contribution in [3.05, 3.63) is 107 Å². The molecule has 0 heterocycles. The lowest BCUT2D eigenvalue weighted by atomic mass is 9.48. The molecule has 0 aromatic heterocycles. The fraction of sp³-hybridized carbons (Fsp3) is 0.400. The molecule has 44 heavy (non-hydrogen) atoms. The lowest BCUT2D eigenvalue weighted by Gasteiger charge is -2.57. The van der Waals surface area contributed by atoms with E-state index in [-0.39, 0.29) is 17.2 Å². The summed E-state index contributed by atoms with van der Waals surface area (Å²) in [4.78, 5) is 0. The standard InChI is InChI=1S/C40H45BrO2Si/c1-39(2,3)44(31-13-7-5-8-14-31,32-15-9-6-10-16-32)33-22-35(34-17-11-12-18-37(34)41)38(43-27-42-4)36(23-33)40-24-28-19-29(25-40)21-30(20-28)26-40/h5-18,22-23,28-30H,19-21,24-27H2,1-4H3. The average molecular weight is 666 g/mol. The summed E-state index contributed by atoms with van der Waals surface area (Å²) in [6.07, 6.45) is 8.09. The summed E-state index contributed by atoms with van der Waals surface area (Å²) in [5.74, 6) is 3.53. The van der Waals surface area contributed by atoms with Crippen LogP contribution in [0.1, 0.15) is 64.9 Å². The van der Waals surface area contributed by atoms with Gasteiger partial charge in [-0.1, -0.05) is 128 Å². The van der Waals surface area contributed by atoms with Gasteiger partial charge in [0.15, 0.2) is 14.9 Å². The SMILES string of the molecule is COCOc1c(-c2ccccc2Br)cc([Si](c2ccccc2)(c2ccccc2)C(C)(C)C)cc1C12CC3CC(CC(C3)C1)C2. The zero-order chi connectivity index (χ0) is 30.5. The topological polar surface area (TPSA) is 18.5 Å². The van der Waals surface area contributed by atoms with E-state index in [1.165, 1.54) is 70.8 Å². The van der Waals surface area contributed by atoms with Crippen molar-refractivity contribution in [2.75, 3.05) is 13.9 Å². The molecule has 228 valence electrons. The summed E-state index contributed by atoms with van der Waals surface area (Å²) >= 11 is 3.95. The molecule has 0 spiro atoms. The Labute approximate surface area is 273 Å². The average Bonchev–Trinajstić information content (AvgIpc) is 3.00. The van der Waals surface area contributed by atoms with Crippen LogP contribution >= 0.6 is 15.9 Å². The van der Waals surface area contributed by atoms with Crippen molar-refractivity contribution in [3.63, 3.8) is 0 Å². The molecule has 4 aliphatic carbocycles. The summed E-state index contributed by atoms with van der Waals surface area (Å²) in [7, 11) is -0.873. The molecule has 4 aliphatic rings. The quantitative estimate of drug-likeness (QED) is 0.106. The zero-order valence-corrected chi connectivity index (χ0v) is 29.2. The highest BCUT2D eigenvalue weighted by atomic mass is 79.9. The monoisotopic (exact) mass is 664 g/mol. The number of rotatable bonds is 8. The third-order valence-electron chi connectivity index (χ3n) is 11.2. The minimum absolute atomic E-state index is 0.00542. The molecule has 0 saturated heterocycles. The van der Waals surface area contributed by atoms with Crippen molar-refractivity contribution in [3.8, 4) is 16.9 Å². The number of ether oxygens (including phenoxy) is 2. The smallest absolute Gasteiger partial charge is 0.188 e. The summed E-state index contributed by atoms with van der Waals surface area (Å²) in [6.45, 7) is 7.65. The molecule has 4 aromatic rings. The predicted molar refractivity (Wildman–Crippen MR) is 189 cm³/mol. The second-order valence-electron chi connectivity index (χ2n) is 14.9. The molecule has 0 unspecified atom stereocenters. The van der Waals surface area contributed by atoms with Gasteiger partial charge in [-0.15, -0.1) is 0 Å². The fourth-order valence-electron chi connectivity index (χ4n) is 10.0. The lowest BCUT2D eigenvalue weighted by molar-refractivity contribution is -0.00870. The van der Waals surface area contributed by atoms with E-state index in [2.05, 4.69) is 134 Å². The Morgan fingerprint density at radius 2 is 1.23 bits per heavy atom. The molecule has 0 aliphatic heterocycles. The van der Waals surface area contributed by atoms with E-state index in [9.17, 15) is 0 Å². The van der Waals surface area contributed by atoms with Crippen molar-refractivity contribution in [1.82, 2.24) is 0 Å². The second kappa shape index (κ2) is 11.6. The molecule has 4 saturated carbocycles. The normalized spacial score (nSPS) is 24.4. The lowest BCUT2D eigenvalue weighted by Crippen LogP contribution is -2.72. The van der Waals surface area contributed by atoms with Gasteiger partial charge in [0.25, 0.3) is 0 Å². The van der Waals surface area contributed by atoms with Gasteiger partial charge in [0.1, 0.15) is 5.75 Å². The third kappa shape index (κ3) is 4.93. The van der Waals surface area contributed by atoms with Crippen molar-refractivity contribution in [2.45, 2.75) is 69.7 Å². The van der Waals surface area contributed by atoms with E-state index in [1.807, 2.05) is 0 Å². The van der Waals surface area contributed by atoms with Gasteiger partial charge >= 0.3 is 0 Å². The molecule has 2 nitrogen and oxygen atoms in total. The Bertz CT molecular complexity index is 1550. The minimum atomic E-state index is -2.61. The van der Waals surface area contributed by atoms with Crippen molar-refractivity contribution < 1.29 is 9.47 Å². The van der Waals surface area contributed by atoms with Gasteiger partial charge in [-0.25, -0.2) is 0 Å². The Balaban J connectivity index is 1.60. The van der Waals surface area contributed by atoms with Gasteiger partial charge in [-0.3, -0.25) is 0 Å². The Morgan fingerprint density at radius 3 is 1.73 bits per heavy atom. The first kappa shape index (κ1) is 30.0. The second-order valence-corrected chi connectivity index (χ2v) is 20.4. The fourth-order valence-corrected chi connectivity index (χ4v) is 16.2. The van der Waals surface area contributed by atoms with Crippen LogP contribution in [-0.4, -0.2) is 22.0 Å². The summed E-state index contributed by atoms with van der Waals surface area (Å²) < 4.78 is 13.5. The molecule has 4 bridgehead atoms. The molecule has 0 amide bonds. The molecule has 0 atom stereocenters. The van der Waals surface area contributed by atoms with Gasteiger partial charge in [-0.05, 0) is 93.9 Å². The Hall–Kier alpha value is -2.66. The van der Waals surface area contributed by atoms with Crippen molar-refractivity contribution in [1.29, 1.82) is 0 Å². The number of hydrogen-bond acceptors (Lipinski definition) is 2. The molecule has 4 aromatic carbocycles. The Morgan fingerprint density at radius 1 is 0.705 bits per heavy atom. The van der Waals surface area contributed by atoms with E-state index in [1.54, 1.807) is 7.11 Å². The molecule has 0 radical (unpaired) electrons. The Kier molecular flexibility index (Phi) is 7.92. The van der Waals surface area contributed by atoms with Crippen LogP contribution in [0.2, 0.25) is 5.04 Å². The third-order valence-corrected chi connectivity index (χ3v) is 17.7. The zero-order valence-electron chi connectivity index (χ0n) is 26.6.